The zero-order chi connectivity index (χ0) is 18.5. The third-order valence-electron chi connectivity index (χ3n) is 4.23. The lowest BCUT2D eigenvalue weighted by Gasteiger charge is -2.27. The number of aliphatic hydroxyl groups excluding tert-OH is 1. The van der Waals surface area contributed by atoms with E-state index in [-0.39, 0.29) is 24.7 Å². The summed E-state index contributed by atoms with van der Waals surface area (Å²) in [7, 11) is 0. The van der Waals surface area contributed by atoms with E-state index >= 15 is 0 Å². The first kappa shape index (κ1) is 18.2. The highest BCUT2D eigenvalue weighted by molar-refractivity contribution is 7.10. The summed E-state index contributed by atoms with van der Waals surface area (Å²) in [5.41, 5.74) is 2.20. The Labute approximate surface area is 154 Å². The van der Waals surface area contributed by atoms with Crippen LogP contribution in [0.25, 0.3) is 0 Å². The standard InChI is InChI=1S/C17H20N4O4S/c22-7-5-18-14-2-1-13(21(24)25)9-15(14)19-10-17(23)20-6-3-16-12(11-20)4-8-26-16/h1-2,4,8-9,18-19,22H,3,5-7,10-11H2. The normalized spacial score (nSPS) is 13.2. The van der Waals surface area contributed by atoms with E-state index in [9.17, 15) is 14.9 Å². The molecule has 3 rings (SSSR count). The van der Waals surface area contributed by atoms with Crippen LogP contribution < -0.4 is 10.6 Å². The van der Waals surface area contributed by atoms with Crippen molar-refractivity contribution in [2.75, 3.05) is 36.9 Å². The van der Waals surface area contributed by atoms with Gasteiger partial charge >= 0.3 is 0 Å². The molecule has 1 aliphatic rings. The molecule has 0 saturated carbocycles. The molecule has 0 spiro atoms. The Morgan fingerprint density at radius 2 is 2.15 bits per heavy atom. The number of nitro groups is 1. The highest BCUT2D eigenvalue weighted by Crippen LogP contribution is 2.27. The van der Waals surface area contributed by atoms with Gasteiger partial charge in [0.2, 0.25) is 5.91 Å². The molecular weight excluding hydrogens is 356 g/mol. The minimum atomic E-state index is -0.481. The first-order chi connectivity index (χ1) is 12.6. The van der Waals surface area contributed by atoms with Gasteiger partial charge in [0.05, 0.1) is 29.4 Å². The second-order valence-electron chi connectivity index (χ2n) is 5.93. The van der Waals surface area contributed by atoms with Crippen LogP contribution in [-0.4, -0.2) is 47.1 Å². The minimum absolute atomic E-state index is 0.0500. The summed E-state index contributed by atoms with van der Waals surface area (Å²) in [6.07, 6.45) is 0.860. The van der Waals surface area contributed by atoms with Crippen LogP contribution in [0.1, 0.15) is 10.4 Å². The largest absolute Gasteiger partial charge is 0.395 e. The number of amides is 1. The summed E-state index contributed by atoms with van der Waals surface area (Å²) in [6, 6.07) is 6.39. The highest BCUT2D eigenvalue weighted by atomic mass is 32.1. The van der Waals surface area contributed by atoms with Gasteiger partial charge in [-0.15, -0.1) is 11.3 Å². The number of non-ortho nitro benzene ring substituents is 1. The lowest BCUT2D eigenvalue weighted by molar-refractivity contribution is -0.384. The fourth-order valence-corrected chi connectivity index (χ4v) is 3.77. The fraction of sp³-hybridized carbons (Fsp3) is 0.353. The van der Waals surface area contributed by atoms with Gasteiger partial charge in [0.15, 0.2) is 0 Å². The summed E-state index contributed by atoms with van der Waals surface area (Å²) in [4.78, 5) is 26.2. The molecule has 0 aliphatic carbocycles. The molecule has 9 heteroatoms. The Morgan fingerprint density at radius 3 is 2.92 bits per heavy atom. The summed E-state index contributed by atoms with van der Waals surface area (Å²) in [5.74, 6) is -0.0542. The summed E-state index contributed by atoms with van der Waals surface area (Å²) in [6.45, 7) is 1.58. The number of rotatable bonds is 7. The molecule has 2 aromatic rings. The Bertz CT molecular complexity index is 808. The topological polar surface area (TPSA) is 108 Å². The Balaban J connectivity index is 1.67. The Kier molecular flexibility index (Phi) is 5.69. The third-order valence-corrected chi connectivity index (χ3v) is 5.25. The van der Waals surface area contributed by atoms with Crippen molar-refractivity contribution in [3.05, 3.63) is 50.2 Å². The van der Waals surface area contributed by atoms with Crippen LogP contribution in [0.5, 0.6) is 0 Å². The Hall–Kier alpha value is -2.65. The van der Waals surface area contributed by atoms with Crippen molar-refractivity contribution in [1.29, 1.82) is 0 Å². The number of anilines is 2. The second kappa shape index (κ2) is 8.15. The lowest BCUT2D eigenvalue weighted by atomic mass is 10.1. The number of fused-ring (bicyclic) bond motifs is 1. The first-order valence-electron chi connectivity index (χ1n) is 8.28. The van der Waals surface area contributed by atoms with Crippen LogP contribution in [0.3, 0.4) is 0 Å². The van der Waals surface area contributed by atoms with Crippen molar-refractivity contribution in [1.82, 2.24) is 4.90 Å². The van der Waals surface area contributed by atoms with Crippen LogP contribution in [0.2, 0.25) is 0 Å². The number of nitrogens with one attached hydrogen (secondary N) is 2. The van der Waals surface area contributed by atoms with Gasteiger partial charge in [-0.2, -0.15) is 0 Å². The van der Waals surface area contributed by atoms with Crippen molar-refractivity contribution < 1.29 is 14.8 Å². The summed E-state index contributed by atoms with van der Waals surface area (Å²) in [5, 5.41) is 28.0. The van der Waals surface area contributed by atoms with Crippen molar-refractivity contribution >= 4 is 34.3 Å². The van der Waals surface area contributed by atoms with Crippen molar-refractivity contribution in [2.24, 2.45) is 0 Å². The number of benzene rings is 1. The number of hydrogen-bond acceptors (Lipinski definition) is 7. The van der Waals surface area contributed by atoms with Crippen LogP contribution in [0, 0.1) is 10.1 Å². The maximum absolute atomic E-state index is 12.5. The molecule has 1 aromatic heterocycles. The molecule has 1 aromatic carbocycles. The smallest absolute Gasteiger partial charge is 0.271 e. The third kappa shape index (κ3) is 4.12. The van der Waals surface area contributed by atoms with E-state index in [2.05, 4.69) is 10.6 Å². The van der Waals surface area contributed by atoms with Gasteiger partial charge in [-0.3, -0.25) is 14.9 Å². The number of carbonyl (C=O) groups is 1. The van der Waals surface area contributed by atoms with Crippen molar-refractivity contribution in [3.63, 3.8) is 0 Å². The van der Waals surface area contributed by atoms with E-state index in [4.69, 9.17) is 5.11 Å². The van der Waals surface area contributed by atoms with Crippen LogP contribution in [0.15, 0.2) is 29.6 Å². The molecule has 0 unspecified atom stereocenters. The zero-order valence-corrected chi connectivity index (χ0v) is 14.9. The van der Waals surface area contributed by atoms with E-state index in [1.807, 2.05) is 11.4 Å². The van der Waals surface area contributed by atoms with E-state index in [1.54, 1.807) is 22.3 Å². The maximum Gasteiger partial charge on any atom is 0.271 e. The van der Waals surface area contributed by atoms with Gasteiger partial charge in [0.25, 0.3) is 5.69 Å². The number of hydrogen-bond donors (Lipinski definition) is 3. The van der Waals surface area contributed by atoms with E-state index < -0.39 is 4.92 Å². The van der Waals surface area contributed by atoms with E-state index in [0.29, 0.717) is 31.0 Å². The van der Waals surface area contributed by atoms with Crippen LogP contribution >= 0.6 is 11.3 Å². The lowest BCUT2D eigenvalue weighted by Crippen LogP contribution is -2.38. The summed E-state index contributed by atoms with van der Waals surface area (Å²) >= 11 is 1.72. The van der Waals surface area contributed by atoms with Gasteiger partial charge in [-0.25, -0.2) is 0 Å². The number of nitro benzene ring substituents is 1. The maximum atomic E-state index is 12.5. The van der Waals surface area contributed by atoms with Gasteiger partial charge < -0.3 is 20.6 Å². The summed E-state index contributed by atoms with van der Waals surface area (Å²) < 4.78 is 0. The number of carbonyl (C=O) groups excluding carboxylic acids is 1. The number of nitrogens with zero attached hydrogens (tertiary/aromatic N) is 2. The molecule has 0 saturated heterocycles. The highest BCUT2D eigenvalue weighted by Gasteiger charge is 2.21. The van der Waals surface area contributed by atoms with Crippen molar-refractivity contribution in [3.8, 4) is 0 Å². The SMILES string of the molecule is O=C(CNc1cc([N+](=O)[O-])ccc1NCCO)N1CCc2sccc2C1. The molecular formula is C17H20N4O4S. The molecule has 0 bridgehead atoms. The molecule has 26 heavy (non-hydrogen) atoms. The molecule has 0 atom stereocenters. The molecule has 0 radical (unpaired) electrons. The predicted octanol–water partition coefficient (Wildman–Crippen LogP) is 2.06. The molecule has 1 aliphatic heterocycles. The Morgan fingerprint density at radius 1 is 1.31 bits per heavy atom. The number of aliphatic hydroxyl groups is 1. The molecule has 1 amide bonds. The van der Waals surface area contributed by atoms with Gasteiger partial charge in [-0.05, 0) is 29.5 Å². The number of thiophene rings is 1. The quantitative estimate of drug-likeness (QED) is 0.504. The molecule has 3 N–H and O–H groups in total. The van der Waals surface area contributed by atoms with Gasteiger partial charge in [0.1, 0.15) is 0 Å². The average Bonchev–Trinajstić information content (AvgIpc) is 3.12. The molecule has 2 heterocycles. The van der Waals surface area contributed by atoms with E-state index in [0.717, 1.165) is 6.42 Å². The fourth-order valence-electron chi connectivity index (χ4n) is 2.88. The second-order valence-corrected chi connectivity index (χ2v) is 6.93. The minimum Gasteiger partial charge on any atom is -0.395 e. The zero-order valence-electron chi connectivity index (χ0n) is 14.1. The van der Waals surface area contributed by atoms with E-state index in [1.165, 1.54) is 22.6 Å². The van der Waals surface area contributed by atoms with Crippen LogP contribution in [-0.2, 0) is 17.8 Å². The van der Waals surface area contributed by atoms with Gasteiger partial charge in [-0.1, -0.05) is 0 Å². The van der Waals surface area contributed by atoms with Crippen molar-refractivity contribution in [2.45, 2.75) is 13.0 Å². The molecule has 0 fully saturated rings. The average molecular weight is 376 g/mol. The predicted molar refractivity (Wildman–Crippen MR) is 101 cm³/mol. The first-order valence-corrected chi connectivity index (χ1v) is 9.16. The van der Waals surface area contributed by atoms with Crippen LogP contribution in [0.4, 0.5) is 17.1 Å². The van der Waals surface area contributed by atoms with Gasteiger partial charge in [0, 0.05) is 36.6 Å². The molecule has 8 nitrogen and oxygen atoms in total. The monoisotopic (exact) mass is 376 g/mol. The molecule has 138 valence electrons.